The van der Waals surface area contributed by atoms with Crippen molar-refractivity contribution < 1.29 is 39.1 Å². The summed E-state index contributed by atoms with van der Waals surface area (Å²) in [5, 5.41) is 32.1. The highest BCUT2D eigenvalue weighted by Gasteiger charge is 2.49. The van der Waals surface area contributed by atoms with Crippen LogP contribution in [0.3, 0.4) is 0 Å². The van der Waals surface area contributed by atoms with E-state index in [-0.39, 0.29) is 48.8 Å². The van der Waals surface area contributed by atoms with Gasteiger partial charge in [-0.3, -0.25) is 34.3 Å². The molecule has 0 saturated carbocycles. The molecule has 3 amide bonds. The van der Waals surface area contributed by atoms with Crippen LogP contribution in [0.2, 0.25) is 0 Å². The van der Waals surface area contributed by atoms with E-state index < -0.39 is 46.3 Å². The van der Waals surface area contributed by atoms with Crippen LogP contribution in [0.25, 0.3) is 0 Å². The lowest BCUT2D eigenvalue weighted by Crippen LogP contribution is -2.65. The van der Waals surface area contributed by atoms with Gasteiger partial charge in [0.1, 0.15) is 12.6 Å². The lowest BCUT2D eigenvalue weighted by atomic mass is 9.79. The van der Waals surface area contributed by atoms with Gasteiger partial charge in [-0.05, 0) is 31.0 Å². The Hall–Kier alpha value is -3.27. The first-order valence-electron chi connectivity index (χ1n) is 14.0. The van der Waals surface area contributed by atoms with Crippen LogP contribution in [0.15, 0.2) is 24.3 Å². The van der Waals surface area contributed by atoms with Crippen molar-refractivity contribution in [2.75, 3.05) is 45.9 Å². The predicted molar refractivity (Wildman–Crippen MR) is 151 cm³/mol. The predicted octanol–water partition coefficient (Wildman–Crippen LogP) is 0.202. The van der Waals surface area contributed by atoms with Crippen LogP contribution in [-0.4, -0.2) is 122 Å². The molecular weight excluding hydrogens is 570 g/mol. The first-order chi connectivity index (χ1) is 20.0. The molecule has 6 atom stereocenters. The summed E-state index contributed by atoms with van der Waals surface area (Å²) >= 11 is 1.03. The van der Waals surface area contributed by atoms with Gasteiger partial charge in [0.25, 0.3) is 5.69 Å². The zero-order valence-corrected chi connectivity index (χ0v) is 24.4. The van der Waals surface area contributed by atoms with E-state index in [9.17, 15) is 39.5 Å². The Balaban J connectivity index is 1.42. The number of β-lactam (4-membered cyclic amide) rings is 1. The topological polar surface area (TPSA) is 183 Å². The summed E-state index contributed by atoms with van der Waals surface area (Å²) in [6.07, 6.45) is -1.38. The fourth-order valence-electron chi connectivity index (χ4n) is 5.60. The summed E-state index contributed by atoms with van der Waals surface area (Å²) in [7, 11) is 0. The van der Waals surface area contributed by atoms with Gasteiger partial charge in [0.2, 0.25) is 11.8 Å². The number of non-ortho nitro benzene ring substituents is 1. The fraction of sp³-hybridized carbons (Fsp3) is 0.630. The molecule has 1 aromatic carbocycles. The molecule has 3 fully saturated rings. The highest BCUT2D eigenvalue weighted by molar-refractivity contribution is 8.14. The molecule has 0 aromatic heterocycles. The van der Waals surface area contributed by atoms with Gasteiger partial charge in [0.05, 0.1) is 29.6 Å². The molecule has 4 rings (SSSR count). The van der Waals surface area contributed by atoms with Crippen LogP contribution in [-0.2, 0) is 25.7 Å². The molecule has 0 spiro atoms. The average Bonchev–Trinajstić information content (AvgIpc) is 3.38. The van der Waals surface area contributed by atoms with Crippen LogP contribution in [0.1, 0.15) is 25.8 Å². The molecule has 3 aliphatic heterocycles. The minimum atomic E-state index is -0.892. The third kappa shape index (κ3) is 7.19. The Morgan fingerprint density at radius 1 is 1.17 bits per heavy atom. The Morgan fingerprint density at radius 2 is 1.83 bits per heavy atom. The summed E-state index contributed by atoms with van der Waals surface area (Å²) in [6, 6.07) is 4.27. The number of carbonyl (C=O) groups excluding carboxylic acids is 4. The molecule has 14 nitrogen and oxygen atoms in total. The van der Waals surface area contributed by atoms with E-state index in [4.69, 9.17) is 4.74 Å². The second-order valence-corrected chi connectivity index (χ2v) is 12.2. The van der Waals surface area contributed by atoms with Crippen molar-refractivity contribution in [2.45, 2.75) is 50.3 Å². The van der Waals surface area contributed by atoms with Gasteiger partial charge in [-0.25, -0.2) is 4.79 Å². The van der Waals surface area contributed by atoms with E-state index in [1.165, 1.54) is 36.1 Å². The maximum absolute atomic E-state index is 13.6. The van der Waals surface area contributed by atoms with E-state index in [1.807, 2.05) is 4.90 Å². The van der Waals surface area contributed by atoms with Gasteiger partial charge in [0.15, 0.2) is 5.12 Å². The molecule has 42 heavy (non-hydrogen) atoms. The lowest BCUT2D eigenvalue weighted by molar-refractivity contribution is -0.384. The Morgan fingerprint density at radius 3 is 2.40 bits per heavy atom. The van der Waals surface area contributed by atoms with Crippen molar-refractivity contribution in [1.82, 2.24) is 20.0 Å². The Labute approximate surface area is 247 Å². The smallest absolute Gasteiger partial charge is 0.410 e. The number of aliphatic hydroxyl groups is 2. The van der Waals surface area contributed by atoms with Crippen molar-refractivity contribution in [2.24, 2.45) is 11.8 Å². The van der Waals surface area contributed by atoms with E-state index in [2.05, 4.69) is 5.32 Å². The van der Waals surface area contributed by atoms with Gasteiger partial charge in [-0.2, -0.15) is 0 Å². The summed E-state index contributed by atoms with van der Waals surface area (Å²) in [6.45, 7) is 5.76. The number of aliphatic hydroxyl groups excluding tert-OH is 2. The zero-order chi connectivity index (χ0) is 30.6. The number of nitrogens with zero attached hydrogens (tertiary/aromatic N) is 4. The first kappa shape index (κ1) is 31.7. The third-order valence-corrected chi connectivity index (χ3v) is 9.38. The van der Waals surface area contributed by atoms with Crippen LogP contribution in [0.4, 0.5) is 10.5 Å². The Kier molecular flexibility index (Phi) is 10.4. The number of amides is 3. The molecular formula is C27H37N5O9S. The molecule has 230 valence electrons. The van der Waals surface area contributed by atoms with Crippen molar-refractivity contribution >= 4 is 40.5 Å². The number of thioether (sulfide) groups is 1. The second kappa shape index (κ2) is 13.8. The number of hydrogen-bond acceptors (Lipinski definition) is 11. The number of β-amino-alcohol motifs (C(OH)–C–C–N with tert-alkyl or cyclic N) is 1. The summed E-state index contributed by atoms with van der Waals surface area (Å²) < 4.78 is 5.49. The van der Waals surface area contributed by atoms with Crippen LogP contribution >= 0.6 is 11.8 Å². The molecule has 3 aliphatic rings. The minimum Gasteiger partial charge on any atom is -0.445 e. The number of likely N-dealkylation sites (tertiary alicyclic amines) is 1. The number of benzene rings is 1. The van der Waals surface area contributed by atoms with Gasteiger partial charge in [-0.1, -0.05) is 18.7 Å². The number of hydrogen-bond donors (Lipinski definition) is 3. The van der Waals surface area contributed by atoms with E-state index in [0.717, 1.165) is 11.8 Å². The maximum Gasteiger partial charge on any atom is 0.410 e. The molecule has 0 aliphatic carbocycles. The minimum absolute atomic E-state index is 0.0266. The lowest BCUT2D eigenvalue weighted by Gasteiger charge is -2.41. The molecule has 3 heterocycles. The van der Waals surface area contributed by atoms with E-state index in [1.54, 1.807) is 11.8 Å². The van der Waals surface area contributed by atoms with Crippen LogP contribution in [0, 0.1) is 22.0 Å². The zero-order valence-electron chi connectivity index (χ0n) is 23.6. The Bertz CT molecular complexity index is 1180. The van der Waals surface area contributed by atoms with Gasteiger partial charge in [-0.15, -0.1) is 0 Å². The third-order valence-electron chi connectivity index (χ3n) is 8.10. The largest absolute Gasteiger partial charge is 0.445 e. The number of nitro benzene ring substituents is 1. The number of ether oxygens (including phenoxy) is 1. The fourth-order valence-corrected chi connectivity index (χ4v) is 6.80. The number of carbonyl (C=O) groups is 4. The molecule has 3 saturated heterocycles. The number of nitrogens with one attached hydrogen (secondary N) is 1. The molecule has 15 heteroatoms. The SMILES string of the molecule is C[C@@H](O)[C@H]1C(=O)N[C@@H]1[C@@H](C)C(=O)S[C@H]1C[C@@H](C(=O)N2CCN(CCO)CC2)N(C(=O)OCc2ccc([N+](=O)[O-])cc2)C1. The highest BCUT2D eigenvalue weighted by atomic mass is 32.2. The quantitative estimate of drug-likeness (QED) is 0.188. The molecule has 0 unspecified atom stereocenters. The van der Waals surface area contributed by atoms with Gasteiger partial charge < -0.3 is 25.2 Å². The summed E-state index contributed by atoms with van der Waals surface area (Å²) in [5.74, 6) is -1.79. The van der Waals surface area contributed by atoms with Crippen molar-refractivity contribution in [3.63, 3.8) is 0 Å². The molecule has 0 bridgehead atoms. The first-order valence-corrected chi connectivity index (χ1v) is 14.9. The van der Waals surface area contributed by atoms with Gasteiger partial charge >= 0.3 is 6.09 Å². The normalized spacial score (nSPS) is 25.8. The van der Waals surface area contributed by atoms with Crippen LogP contribution in [0.5, 0.6) is 0 Å². The molecule has 3 N–H and O–H groups in total. The van der Waals surface area contributed by atoms with Crippen molar-refractivity contribution in [1.29, 1.82) is 0 Å². The van der Waals surface area contributed by atoms with Gasteiger partial charge in [0, 0.05) is 62.6 Å². The summed E-state index contributed by atoms with van der Waals surface area (Å²) in [4.78, 5) is 67.3. The van der Waals surface area contributed by atoms with E-state index >= 15 is 0 Å². The monoisotopic (exact) mass is 607 g/mol. The number of nitro groups is 1. The van der Waals surface area contributed by atoms with E-state index in [0.29, 0.717) is 38.3 Å². The van der Waals surface area contributed by atoms with Crippen LogP contribution < -0.4 is 5.32 Å². The second-order valence-electron chi connectivity index (χ2n) is 10.9. The van der Waals surface area contributed by atoms with Crippen molar-refractivity contribution in [3.05, 3.63) is 39.9 Å². The number of rotatable bonds is 10. The highest BCUT2D eigenvalue weighted by Crippen LogP contribution is 2.35. The molecule has 1 aromatic rings. The maximum atomic E-state index is 13.6. The summed E-state index contributed by atoms with van der Waals surface area (Å²) in [5.41, 5.74) is 0.454. The molecule has 0 radical (unpaired) electrons. The number of piperazine rings is 1. The standard InChI is InChI=1S/C27H37N5O9S/c1-16(23-22(17(2)34)24(35)28-23)26(37)42-20-13-21(25(36)30-9-7-29(8-10-30)11-12-33)31(14-20)27(38)41-15-18-3-5-19(6-4-18)32(39)40/h3-6,16-17,20-23,33-34H,7-15H2,1-2H3,(H,28,35)/t16-,17-,20+,21+,22-,23-/m1/s1. The average molecular weight is 608 g/mol. The van der Waals surface area contributed by atoms with Crippen molar-refractivity contribution in [3.8, 4) is 0 Å².